The summed E-state index contributed by atoms with van der Waals surface area (Å²) in [7, 11) is 0. The molecule has 0 aliphatic heterocycles. The zero-order valence-electron chi connectivity index (χ0n) is 44.5. The second-order valence-corrected chi connectivity index (χ2v) is 18.1. The van der Waals surface area contributed by atoms with Gasteiger partial charge in [-0.25, -0.2) is 0 Å². The molecule has 0 N–H and O–H groups in total. The number of carbonyl (C=O) groups is 3. The van der Waals surface area contributed by atoms with Gasteiger partial charge in [0.2, 0.25) is 0 Å². The summed E-state index contributed by atoms with van der Waals surface area (Å²) < 4.78 is 16.8. The molecule has 6 nitrogen and oxygen atoms in total. The maximum atomic E-state index is 12.8. The zero-order valence-corrected chi connectivity index (χ0v) is 44.5. The number of allylic oxidation sites excluding steroid dienone is 20. The quantitative estimate of drug-likeness (QED) is 0.0262. The van der Waals surface area contributed by atoms with Crippen molar-refractivity contribution in [2.45, 2.75) is 245 Å². The molecule has 0 bridgehead atoms. The molecule has 0 unspecified atom stereocenters. The SMILES string of the molecule is CC/C=C\C/C=C\C/C=C\C/C=C\C/C=C\CCCCCC(=O)O[C@H](COC(=O)CCCCCC/C=C\C/C=C\C/C=C\CCCCC)COC(=O)CCCCCCC/C=C\C/C=C\CCCCC. The van der Waals surface area contributed by atoms with Crippen LogP contribution in [0.5, 0.6) is 0 Å². The number of hydrogen-bond donors (Lipinski definition) is 0. The Bertz CT molecular complexity index is 1470. The van der Waals surface area contributed by atoms with E-state index in [1.807, 2.05) is 0 Å². The lowest BCUT2D eigenvalue weighted by molar-refractivity contribution is -0.167. The van der Waals surface area contributed by atoms with Crippen LogP contribution in [0.25, 0.3) is 0 Å². The summed E-state index contributed by atoms with van der Waals surface area (Å²) >= 11 is 0. The molecule has 0 radical (unpaired) electrons. The van der Waals surface area contributed by atoms with Gasteiger partial charge < -0.3 is 14.2 Å². The van der Waals surface area contributed by atoms with Gasteiger partial charge in [-0.15, -0.1) is 0 Å². The first-order chi connectivity index (χ1) is 34.0. The van der Waals surface area contributed by atoms with E-state index in [4.69, 9.17) is 14.2 Å². The van der Waals surface area contributed by atoms with Crippen molar-refractivity contribution >= 4 is 17.9 Å². The van der Waals surface area contributed by atoms with Crippen LogP contribution in [0.2, 0.25) is 0 Å². The van der Waals surface area contributed by atoms with E-state index < -0.39 is 6.10 Å². The van der Waals surface area contributed by atoms with Crippen LogP contribution in [0.15, 0.2) is 122 Å². The molecule has 0 fully saturated rings. The van der Waals surface area contributed by atoms with E-state index in [0.717, 1.165) is 141 Å². The predicted octanol–water partition coefficient (Wildman–Crippen LogP) is 18.9. The Labute approximate surface area is 424 Å². The molecule has 0 aliphatic rings. The van der Waals surface area contributed by atoms with Crippen molar-refractivity contribution in [3.8, 4) is 0 Å². The average Bonchev–Trinajstić information content (AvgIpc) is 3.35. The molecule has 0 saturated heterocycles. The van der Waals surface area contributed by atoms with Crippen molar-refractivity contribution in [2.75, 3.05) is 13.2 Å². The molecular weight excluding hydrogens is 853 g/mol. The standard InChI is InChI=1S/C63H102O6/c1-4-7-10-13-16-19-22-25-28-30-31-33-36-39-42-45-48-51-54-57-63(66)69-60(58-67-61(64)55-52-49-46-43-40-37-34-27-24-21-18-15-12-9-6-3)59-68-62(65)56-53-50-47-44-41-38-35-32-29-26-23-20-17-14-11-8-5-2/h7,10,16-21,25-29,31,33-35,38-39,42,60H,4-6,8-9,11-15,22-24,30,32,36-37,40-41,43-59H2,1-3H3/b10-7-,19-16-,20-17-,21-18-,28-25-,29-26-,33-31-,34-27-,38-35-,42-39-/t60-/m0/s1. The summed E-state index contributed by atoms with van der Waals surface area (Å²) in [6.45, 7) is 6.40. The van der Waals surface area contributed by atoms with Gasteiger partial charge in [0.1, 0.15) is 13.2 Å². The summed E-state index contributed by atoms with van der Waals surface area (Å²) in [6, 6.07) is 0. The summed E-state index contributed by atoms with van der Waals surface area (Å²) in [5.41, 5.74) is 0. The van der Waals surface area contributed by atoms with Gasteiger partial charge >= 0.3 is 17.9 Å². The number of esters is 3. The Balaban J connectivity index is 4.54. The maximum absolute atomic E-state index is 12.8. The topological polar surface area (TPSA) is 78.9 Å². The highest BCUT2D eigenvalue weighted by molar-refractivity contribution is 5.71. The molecule has 0 spiro atoms. The summed E-state index contributed by atoms with van der Waals surface area (Å²) in [6.07, 6.45) is 77.5. The highest BCUT2D eigenvalue weighted by Crippen LogP contribution is 2.12. The molecule has 0 amide bonds. The Morgan fingerprint density at radius 3 is 0.899 bits per heavy atom. The van der Waals surface area contributed by atoms with Gasteiger partial charge in [-0.1, -0.05) is 206 Å². The van der Waals surface area contributed by atoms with Gasteiger partial charge in [-0.2, -0.15) is 0 Å². The smallest absolute Gasteiger partial charge is 0.306 e. The second-order valence-electron chi connectivity index (χ2n) is 18.1. The van der Waals surface area contributed by atoms with E-state index in [0.29, 0.717) is 19.3 Å². The first kappa shape index (κ1) is 64.8. The van der Waals surface area contributed by atoms with Gasteiger partial charge in [0.05, 0.1) is 0 Å². The number of hydrogen-bond acceptors (Lipinski definition) is 6. The van der Waals surface area contributed by atoms with E-state index >= 15 is 0 Å². The van der Waals surface area contributed by atoms with Gasteiger partial charge in [0.25, 0.3) is 0 Å². The molecule has 1 atom stereocenters. The van der Waals surface area contributed by atoms with Crippen LogP contribution in [-0.4, -0.2) is 37.2 Å². The van der Waals surface area contributed by atoms with E-state index in [1.54, 1.807) is 0 Å². The third kappa shape index (κ3) is 54.6. The van der Waals surface area contributed by atoms with Crippen LogP contribution in [0.4, 0.5) is 0 Å². The first-order valence-electron chi connectivity index (χ1n) is 28.0. The molecule has 390 valence electrons. The van der Waals surface area contributed by atoms with Crippen LogP contribution in [0, 0.1) is 0 Å². The van der Waals surface area contributed by atoms with Gasteiger partial charge in [-0.05, 0) is 135 Å². The number of ether oxygens (including phenoxy) is 3. The predicted molar refractivity (Wildman–Crippen MR) is 297 cm³/mol. The molecule has 0 aromatic rings. The number of unbranched alkanes of at least 4 members (excludes halogenated alkanes) is 18. The Morgan fingerprint density at radius 1 is 0.304 bits per heavy atom. The Morgan fingerprint density at radius 2 is 0.565 bits per heavy atom. The minimum Gasteiger partial charge on any atom is -0.462 e. The fourth-order valence-electron chi connectivity index (χ4n) is 7.21. The number of carbonyl (C=O) groups excluding carboxylic acids is 3. The molecule has 0 rings (SSSR count). The third-order valence-corrected chi connectivity index (χ3v) is 11.4. The lowest BCUT2D eigenvalue weighted by Crippen LogP contribution is -2.30. The first-order valence-corrected chi connectivity index (χ1v) is 28.0. The van der Waals surface area contributed by atoms with Gasteiger partial charge in [-0.3, -0.25) is 14.4 Å². The van der Waals surface area contributed by atoms with Crippen molar-refractivity contribution in [2.24, 2.45) is 0 Å². The molecule has 69 heavy (non-hydrogen) atoms. The Kier molecular flexibility index (Phi) is 53.0. The van der Waals surface area contributed by atoms with Crippen LogP contribution >= 0.6 is 0 Å². The fourth-order valence-corrected chi connectivity index (χ4v) is 7.21. The van der Waals surface area contributed by atoms with Crippen LogP contribution in [-0.2, 0) is 28.6 Å². The largest absolute Gasteiger partial charge is 0.462 e. The molecule has 6 heteroatoms. The summed E-state index contributed by atoms with van der Waals surface area (Å²) in [4.78, 5) is 38.1. The van der Waals surface area contributed by atoms with Crippen molar-refractivity contribution in [3.63, 3.8) is 0 Å². The van der Waals surface area contributed by atoms with E-state index in [1.165, 1.54) is 51.4 Å². The minimum atomic E-state index is -0.815. The lowest BCUT2D eigenvalue weighted by atomic mass is 10.1. The van der Waals surface area contributed by atoms with Crippen molar-refractivity contribution < 1.29 is 28.6 Å². The molecule has 0 aromatic carbocycles. The lowest BCUT2D eigenvalue weighted by Gasteiger charge is -2.18. The fraction of sp³-hybridized carbons (Fsp3) is 0.635. The molecule has 0 aliphatic carbocycles. The summed E-state index contributed by atoms with van der Waals surface area (Å²) in [5.74, 6) is -0.980. The number of rotatable bonds is 49. The second kappa shape index (κ2) is 56.4. The van der Waals surface area contributed by atoms with E-state index in [2.05, 4.69) is 142 Å². The minimum absolute atomic E-state index is 0.109. The molecular formula is C63H102O6. The monoisotopic (exact) mass is 955 g/mol. The maximum Gasteiger partial charge on any atom is 0.306 e. The molecule has 0 aromatic heterocycles. The van der Waals surface area contributed by atoms with Crippen molar-refractivity contribution in [3.05, 3.63) is 122 Å². The summed E-state index contributed by atoms with van der Waals surface area (Å²) in [5, 5.41) is 0. The highest BCUT2D eigenvalue weighted by atomic mass is 16.6. The van der Waals surface area contributed by atoms with Crippen molar-refractivity contribution in [1.82, 2.24) is 0 Å². The zero-order chi connectivity index (χ0) is 50.0. The van der Waals surface area contributed by atoms with Crippen molar-refractivity contribution in [1.29, 1.82) is 0 Å². The van der Waals surface area contributed by atoms with Crippen LogP contribution < -0.4 is 0 Å². The van der Waals surface area contributed by atoms with E-state index in [-0.39, 0.29) is 37.5 Å². The average molecular weight is 956 g/mol. The molecule has 0 heterocycles. The van der Waals surface area contributed by atoms with Gasteiger partial charge in [0, 0.05) is 19.3 Å². The third-order valence-electron chi connectivity index (χ3n) is 11.4. The van der Waals surface area contributed by atoms with Crippen LogP contribution in [0.1, 0.15) is 239 Å². The normalized spacial score (nSPS) is 13.0. The molecule has 0 saturated carbocycles. The van der Waals surface area contributed by atoms with Crippen LogP contribution in [0.3, 0.4) is 0 Å². The Hall–Kier alpha value is -4.19. The van der Waals surface area contributed by atoms with E-state index in [9.17, 15) is 14.4 Å². The highest BCUT2D eigenvalue weighted by Gasteiger charge is 2.19. The van der Waals surface area contributed by atoms with Gasteiger partial charge in [0.15, 0.2) is 6.10 Å².